The smallest absolute Gasteiger partial charge is 0.147 e. The van der Waals surface area contributed by atoms with Gasteiger partial charge in [0.25, 0.3) is 0 Å². The van der Waals surface area contributed by atoms with Gasteiger partial charge in [-0.2, -0.15) is 5.10 Å². The average Bonchev–Trinajstić information content (AvgIpc) is 2.58. The largest absolute Gasteiger partial charge is 0.391 e. The first kappa shape index (κ1) is 8.69. The van der Waals surface area contributed by atoms with Crippen LogP contribution in [0.3, 0.4) is 0 Å². The molecule has 1 aromatic heterocycles. The Morgan fingerprint density at radius 1 is 1.38 bits per heavy atom. The molecule has 1 saturated carbocycles. The molecule has 0 radical (unpaired) electrons. The molecule has 2 rings (SSSR count). The second kappa shape index (κ2) is 3.10. The first-order chi connectivity index (χ1) is 6.18. The van der Waals surface area contributed by atoms with Crippen LogP contribution in [0.4, 0.5) is 0 Å². The van der Waals surface area contributed by atoms with Gasteiger partial charge < -0.3 is 5.11 Å². The second-order valence-electron chi connectivity index (χ2n) is 3.72. The van der Waals surface area contributed by atoms with E-state index in [-0.39, 0.29) is 12.1 Å². The van der Waals surface area contributed by atoms with E-state index in [1.807, 2.05) is 18.5 Å². The lowest BCUT2D eigenvalue weighted by molar-refractivity contribution is 0.129. The SMILES string of the molecule is Cc1nc(C)n(C2CCCC2O)n1. The molecule has 4 nitrogen and oxygen atoms in total. The van der Waals surface area contributed by atoms with Gasteiger partial charge in [-0.1, -0.05) is 0 Å². The van der Waals surface area contributed by atoms with E-state index in [4.69, 9.17) is 0 Å². The van der Waals surface area contributed by atoms with Crippen molar-refractivity contribution in [3.8, 4) is 0 Å². The summed E-state index contributed by atoms with van der Waals surface area (Å²) in [6.45, 7) is 3.82. The summed E-state index contributed by atoms with van der Waals surface area (Å²) >= 11 is 0. The zero-order valence-electron chi connectivity index (χ0n) is 8.06. The Bertz CT molecular complexity index is 308. The summed E-state index contributed by atoms with van der Waals surface area (Å²) in [5.41, 5.74) is 0. The van der Waals surface area contributed by atoms with Gasteiger partial charge in [-0.3, -0.25) is 0 Å². The van der Waals surface area contributed by atoms with Crippen molar-refractivity contribution < 1.29 is 5.11 Å². The Hall–Kier alpha value is -0.900. The Labute approximate surface area is 77.6 Å². The zero-order chi connectivity index (χ0) is 9.42. The third-order valence-corrected chi connectivity index (χ3v) is 2.67. The fourth-order valence-electron chi connectivity index (χ4n) is 2.06. The molecule has 0 spiro atoms. The second-order valence-corrected chi connectivity index (χ2v) is 3.72. The number of nitrogens with zero attached hydrogens (tertiary/aromatic N) is 3. The van der Waals surface area contributed by atoms with Gasteiger partial charge in [0.1, 0.15) is 11.6 Å². The molecule has 0 aromatic carbocycles. The number of hydrogen-bond donors (Lipinski definition) is 1. The van der Waals surface area contributed by atoms with Crippen molar-refractivity contribution in [1.82, 2.24) is 14.8 Å². The normalized spacial score (nSPS) is 28.2. The lowest BCUT2D eigenvalue weighted by atomic mass is 10.2. The van der Waals surface area contributed by atoms with Crippen molar-refractivity contribution in [2.24, 2.45) is 0 Å². The first-order valence-corrected chi connectivity index (χ1v) is 4.76. The quantitative estimate of drug-likeness (QED) is 0.702. The standard InChI is InChI=1S/C9H15N3O/c1-6-10-7(2)12(11-6)8-4-3-5-9(8)13/h8-9,13H,3-5H2,1-2H3. The number of aliphatic hydroxyl groups is 1. The minimum absolute atomic E-state index is 0.154. The summed E-state index contributed by atoms with van der Waals surface area (Å²) in [6.07, 6.45) is 2.76. The van der Waals surface area contributed by atoms with Crippen LogP contribution in [0.5, 0.6) is 0 Å². The minimum atomic E-state index is -0.236. The van der Waals surface area contributed by atoms with Crippen molar-refractivity contribution in [2.75, 3.05) is 0 Å². The van der Waals surface area contributed by atoms with Gasteiger partial charge in [0.2, 0.25) is 0 Å². The molecule has 2 unspecified atom stereocenters. The predicted molar refractivity (Wildman–Crippen MR) is 48.4 cm³/mol. The van der Waals surface area contributed by atoms with Crippen molar-refractivity contribution in [3.63, 3.8) is 0 Å². The lowest BCUT2D eigenvalue weighted by Gasteiger charge is -2.15. The summed E-state index contributed by atoms with van der Waals surface area (Å²) < 4.78 is 1.87. The maximum absolute atomic E-state index is 9.69. The summed E-state index contributed by atoms with van der Waals surface area (Å²) in [5, 5.41) is 14.0. The molecule has 1 aliphatic carbocycles. The Morgan fingerprint density at radius 2 is 2.15 bits per heavy atom. The van der Waals surface area contributed by atoms with Crippen molar-refractivity contribution in [1.29, 1.82) is 0 Å². The summed E-state index contributed by atoms with van der Waals surface area (Å²) in [7, 11) is 0. The number of rotatable bonds is 1. The maximum atomic E-state index is 9.69. The Morgan fingerprint density at radius 3 is 2.62 bits per heavy atom. The molecular formula is C9H15N3O. The van der Waals surface area contributed by atoms with Crippen LogP contribution in [0, 0.1) is 13.8 Å². The van der Waals surface area contributed by atoms with Crippen molar-refractivity contribution >= 4 is 0 Å². The van der Waals surface area contributed by atoms with E-state index in [0.717, 1.165) is 30.9 Å². The number of aryl methyl sites for hydroxylation is 2. The van der Waals surface area contributed by atoms with Crippen molar-refractivity contribution in [2.45, 2.75) is 45.3 Å². The first-order valence-electron chi connectivity index (χ1n) is 4.76. The van der Waals surface area contributed by atoms with E-state index in [0.29, 0.717) is 0 Å². The van der Waals surface area contributed by atoms with Gasteiger partial charge in [-0.25, -0.2) is 9.67 Å². The molecule has 2 atom stereocenters. The summed E-state index contributed by atoms with van der Waals surface area (Å²) in [5.74, 6) is 1.69. The highest BCUT2D eigenvalue weighted by Crippen LogP contribution is 2.29. The van der Waals surface area contributed by atoms with Gasteiger partial charge in [0.05, 0.1) is 12.1 Å². The van der Waals surface area contributed by atoms with Gasteiger partial charge in [0.15, 0.2) is 0 Å². The number of aromatic nitrogens is 3. The maximum Gasteiger partial charge on any atom is 0.147 e. The van der Waals surface area contributed by atoms with Gasteiger partial charge in [0, 0.05) is 0 Å². The predicted octanol–water partition coefficient (Wildman–Crippen LogP) is 0.981. The molecule has 1 heterocycles. The van der Waals surface area contributed by atoms with E-state index >= 15 is 0 Å². The number of hydrogen-bond acceptors (Lipinski definition) is 3. The Kier molecular flexibility index (Phi) is 2.07. The van der Waals surface area contributed by atoms with Crippen LogP contribution in [-0.2, 0) is 0 Å². The van der Waals surface area contributed by atoms with Crippen LogP contribution in [-0.4, -0.2) is 26.0 Å². The van der Waals surface area contributed by atoms with E-state index < -0.39 is 0 Å². The molecule has 1 aromatic rings. The summed E-state index contributed by atoms with van der Waals surface area (Å²) in [6, 6.07) is 0.154. The summed E-state index contributed by atoms with van der Waals surface area (Å²) in [4.78, 5) is 4.23. The van der Waals surface area contributed by atoms with Crippen LogP contribution >= 0.6 is 0 Å². The monoisotopic (exact) mass is 181 g/mol. The van der Waals surface area contributed by atoms with Crippen LogP contribution < -0.4 is 0 Å². The van der Waals surface area contributed by atoms with E-state index in [9.17, 15) is 5.11 Å². The average molecular weight is 181 g/mol. The molecule has 72 valence electrons. The van der Waals surface area contributed by atoms with Gasteiger partial charge >= 0.3 is 0 Å². The minimum Gasteiger partial charge on any atom is -0.391 e. The lowest BCUT2D eigenvalue weighted by Crippen LogP contribution is -2.20. The topological polar surface area (TPSA) is 50.9 Å². The fraction of sp³-hybridized carbons (Fsp3) is 0.778. The van der Waals surface area contributed by atoms with E-state index in [1.54, 1.807) is 0 Å². The van der Waals surface area contributed by atoms with Crippen LogP contribution in [0.1, 0.15) is 37.0 Å². The molecule has 0 saturated heterocycles. The highest BCUT2D eigenvalue weighted by Gasteiger charge is 2.28. The molecule has 0 bridgehead atoms. The number of aliphatic hydroxyl groups excluding tert-OH is 1. The fourth-order valence-corrected chi connectivity index (χ4v) is 2.06. The van der Waals surface area contributed by atoms with E-state index in [1.165, 1.54) is 0 Å². The van der Waals surface area contributed by atoms with E-state index in [2.05, 4.69) is 10.1 Å². The van der Waals surface area contributed by atoms with Crippen LogP contribution in [0.15, 0.2) is 0 Å². The molecule has 1 fully saturated rings. The third kappa shape index (κ3) is 1.46. The zero-order valence-corrected chi connectivity index (χ0v) is 8.06. The molecule has 0 amide bonds. The van der Waals surface area contributed by atoms with Gasteiger partial charge in [-0.05, 0) is 33.1 Å². The molecule has 1 aliphatic rings. The third-order valence-electron chi connectivity index (χ3n) is 2.67. The van der Waals surface area contributed by atoms with Crippen LogP contribution in [0.2, 0.25) is 0 Å². The highest BCUT2D eigenvalue weighted by molar-refractivity contribution is 4.93. The molecule has 13 heavy (non-hydrogen) atoms. The highest BCUT2D eigenvalue weighted by atomic mass is 16.3. The molecule has 4 heteroatoms. The van der Waals surface area contributed by atoms with Crippen molar-refractivity contribution in [3.05, 3.63) is 11.6 Å². The molecular weight excluding hydrogens is 166 g/mol. The Balaban J connectivity index is 2.28. The van der Waals surface area contributed by atoms with Gasteiger partial charge in [-0.15, -0.1) is 0 Å². The van der Waals surface area contributed by atoms with Crippen LogP contribution in [0.25, 0.3) is 0 Å². The molecule has 0 aliphatic heterocycles. The molecule has 1 N–H and O–H groups in total.